The number of guanidine groups is 1. The number of rotatable bonds is 6. The molecule has 5 heteroatoms. The van der Waals surface area contributed by atoms with Crippen molar-refractivity contribution >= 4 is 5.96 Å². The van der Waals surface area contributed by atoms with Crippen LogP contribution in [0.25, 0.3) is 0 Å². The van der Waals surface area contributed by atoms with E-state index in [1.54, 1.807) is 7.11 Å². The number of benzene rings is 1. The lowest BCUT2D eigenvalue weighted by Gasteiger charge is -2.30. The molecule has 3 rings (SSSR count). The first-order chi connectivity index (χ1) is 12.7. The highest BCUT2D eigenvalue weighted by Crippen LogP contribution is 2.25. The average Bonchev–Trinajstić information content (AvgIpc) is 3.33. The summed E-state index contributed by atoms with van der Waals surface area (Å²) in [7, 11) is 3.68. The normalized spacial score (nSPS) is 22.8. The number of nitrogens with one attached hydrogen (secondary N) is 1. The van der Waals surface area contributed by atoms with Gasteiger partial charge in [-0.05, 0) is 44.8 Å². The zero-order valence-electron chi connectivity index (χ0n) is 16.6. The number of aryl methyl sites for hydroxylation is 1. The van der Waals surface area contributed by atoms with Gasteiger partial charge in [0.15, 0.2) is 5.96 Å². The van der Waals surface area contributed by atoms with Gasteiger partial charge in [-0.15, -0.1) is 0 Å². The van der Waals surface area contributed by atoms with Gasteiger partial charge in [-0.1, -0.05) is 29.8 Å². The molecule has 1 aromatic carbocycles. The number of hydrogen-bond donors (Lipinski definition) is 1. The van der Waals surface area contributed by atoms with Gasteiger partial charge in [-0.25, -0.2) is 0 Å². The van der Waals surface area contributed by atoms with Crippen molar-refractivity contribution in [3.63, 3.8) is 0 Å². The monoisotopic (exact) mass is 358 g/mol. The molecule has 0 bridgehead atoms. The predicted octanol–water partition coefficient (Wildman–Crippen LogP) is 2.68. The van der Waals surface area contributed by atoms with Gasteiger partial charge in [-0.2, -0.15) is 0 Å². The van der Waals surface area contributed by atoms with Crippen LogP contribution in [-0.2, 0) is 4.74 Å². The van der Waals surface area contributed by atoms with E-state index in [1.807, 2.05) is 7.05 Å². The zero-order valence-corrected chi connectivity index (χ0v) is 16.6. The molecule has 5 nitrogen and oxygen atoms in total. The number of hydrogen-bond acceptors (Lipinski definition) is 3. The largest absolute Gasteiger partial charge is 0.384 e. The van der Waals surface area contributed by atoms with Gasteiger partial charge in [0, 0.05) is 39.7 Å². The Morgan fingerprint density at radius 1 is 1.23 bits per heavy atom. The molecule has 1 aromatic rings. The highest BCUT2D eigenvalue weighted by atomic mass is 16.5. The highest BCUT2D eigenvalue weighted by molar-refractivity contribution is 5.80. The van der Waals surface area contributed by atoms with Crippen LogP contribution in [0.1, 0.15) is 36.4 Å². The third-order valence-electron chi connectivity index (χ3n) is 5.70. The lowest BCUT2D eigenvalue weighted by molar-refractivity contribution is 0.157. The molecule has 2 saturated heterocycles. The average molecular weight is 359 g/mol. The zero-order chi connectivity index (χ0) is 18.4. The Morgan fingerprint density at radius 3 is 2.62 bits per heavy atom. The molecule has 1 N–H and O–H groups in total. The Morgan fingerprint density at radius 2 is 1.96 bits per heavy atom. The molecule has 0 radical (unpaired) electrons. The molecule has 2 fully saturated rings. The topological polar surface area (TPSA) is 40.1 Å². The first kappa shape index (κ1) is 19.2. The lowest BCUT2D eigenvalue weighted by atomic mass is 10.0. The minimum Gasteiger partial charge on any atom is -0.384 e. The molecule has 2 atom stereocenters. The number of aliphatic imine (C=N–C) groups is 1. The molecule has 2 aliphatic rings. The second kappa shape index (κ2) is 9.38. The van der Waals surface area contributed by atoms with Crippen molar-refractivity contribution in [2.75, 3.05) is 53.5 Å². The van der Waals surface area contributed by atoms with E-state index < -0.39 is 0 Å². The van der Waals surface area contributed by atoms with Gasteiger partial charge in [0.2, 0.25) is 0 Å². The van der Waals surface area contributed by atoms with E-state index in [9.17, 15) is 0 Å². The van der Waals surface area contributed by atoms with E-state index in [0.29, 0.717) is 12.0 Å². The van der Waals surface area contributed by atoms with E-state index >= 15 is 0 Å². The molecule has 2 heterocycles. The quantitative estimate of drug-likeness (QED) is 0.627. The Balaban J connectivity index is 1.64. The Hall–Kier alpha value is -1.59. The summed E-state index contributed by atoms with van der Waals surface area (Å²) in [6.45, 7) is 8.38. The van der Waals surface area contributed by atoms with Gasteiger partial charge < -0.3 is 15.0 Å². The summed E-state index contributed by atoms with van der Waals surface area (Å²) in [6.07, 6.45) is 3.80. The van der Waals surface area contributed by atoms with Crippen LogP contribution in [0, 0.1) is 12.8 Å². The van der Waals surface area contributed by atoms with Gasteiger partial charge in [0.05, 0.1) is 12.6 Å². The van der Waals surface area contributed by atoms with Gasteiger partial charge >= 0.3 is 0 Å². The van der Waals surface area contributed by atoms with Crippen LogP contribution in [0.4, 0.5) is 0 Å². The first-order valence-corrected chi connectivity index (χ1v) is 9.96. The van der Waals surface area contributed by atoms with Crippen molar-refractivity contribution in [3.05, 3.63) is 35.4 Å². The SMILES string of the molecule is CN=C(NCC(c1ccc(C)cc1)N1CCCC1)N1CCC(COC)C1. The molecule has 2 unspecified atom stereocenters. The number of methoxy groups -OCH3 is 1. The lowest BCUT2D eigenvalue weighted by Crippen LogP contribution is -2.44. The summed E-state index contributed by atoms with van der Waals surface area (Å²) in [4.78, 5) is 9.53. The molecule has 0 aromatic heterocycles. The third kappa shape index (κ3) is 4.77. The fourth-order valence-electron chi connectivity index (χ4n) is 4.22. The first-order valence-electron chi connectivity index (χ1n) is 9.96. The maximum absolute atomic E-state index is 5.33. The molecular formula is C21H34N4O. The van der Waals surface area contributed by atoms with Crippen LogP contribution in [0.5, 0.6) is 0 Å². The summed E-state index contributed by atoms with van der Waals surface area (Å²) >= 11 is 0. The van der Waals surface area contributed by atoms with Crippen LogP contribution >= 0.6 is 0 Å². The van der Waals surface area contributed by atoms with E-state index in [-0.39, 0.29) is 0 Å². The van der Waals surface area contributed by atoms with Crippen molar-refractivity contribution in [2.45, 2.75) is 32.2 Å². The van der Waals surface area contributed by atoms with Crippen LogP contribution in [0.2, 0.25) is 0 Å². The minimum atomic E-state index is 0.409. The van der Waals surface area contributed by atoms with Crippen LogP contribution in [0.3, 0.4) is 0 Å². The summed E-state index contributed by atoms with van der Waals surface area (Å²) in [5, 5.41) is 3.66. The molecular weight excluding hydrogens is 324 g/mol. The molecule has 144 valence electrons. The number of nitrogens with zero attached hydrogens (tertiary/aromatic N) is 3. The molecule has 0 aliphatic carbocycles. The van der Waals surface area contributed by atoms with E-state index in [2.05, 4.69) is 51.3 Å². The van der Waals surface area contributed by atoms with Crippen molar-refractivity contribution in [2.24, 2.45) is 10.9 Å². The van der Waals surface area contributed by atoms with Gasteiger partial charge in [-0.3, -0.25) is 9.89 Å². The van der Waals surface area contributed by atoms with Crippen molar-refractivity contribution < 1.29 is 4.74 Å². The number of ether oxygens (including phenoxy) is 1. The van der Waals surface area contributed by atoms with Crippen LogP contribution < -0.4 is 5.32 Å². The smallest absolute Gasteiger partial charge is 0.193 e. The molecule has 0 amide bonds. The fraction of sp³-hybridized carbons (Fsp3) is 0.667. The summed E-state index contributed by atoms with van der Waals surface area (Å²) < 4.78 is 5.33. The third-order valence-corrected chi connectivity index (χ3v) is 5.70. The van der Waals surface area contributed by atoms with E-state index in [0.717, 1.165) is 32.2 Å². The highest BCUT2D eigenvalue weighted by Gasteiger charge is 2.27. The summed E-state index contributed by atoms with van der Waals surface area (Å²) in [5.74, 6) is 1.64. The second-order valence-corrected chi connectivity index (χ2v) is 7.65. The van der Waals surface area contributed by atoms with Gasteiger partial charge in [0.1, 0.15) is 0 Å². The Labute approximate surface area is 158 Å². The molecule has 0 saturated carbocycles. The van der Waals surface area contributed by atoms with Gasteiger partial charge in [0.25, 0.3) is 0 Å². The van der Waals surface area contributed by atoms with Crippen LogP contribution in [-0.4, -0.2) is 69.2 Å². The van der Waals surface area contributed by atoms with E-state index in [1.165, 1.54) is 43.5 Å². The minimum absolute atomic E-state index is 0.409. The molecule has 0 spiro atoms. The predicted molar refractivity (Wildman–Crippen MR) is 108 cm³/mol. The number of likely N-dealkylation sites (tertiary alicyclic amines) is 2. The van der Waals surface area contributed by atoms with Crippen LogP contribution in [0.15, 0.2) is 29.3 Å². The second-order valence-electron chi connectivity index (χ2n) is 7.65. The van der Waals surface area contributed by atoms with Crippen molar-refractivity contribution in [1.82, 2.24) is 15.1 Å². The molecule has 2 aliphatic heterocycles. The summed E-state index contributed by atoms with van der Waals surface area (Å²) in [5.41, 5.74) is 2.72. The van der Waals surface area contributed by atoms with E-state index in [4.69, 9.17) is 4.74 Å². The van der Waals surface area contributed by atoms with Crippen molar-refractivity contribution in [3.8, 4) is 0 Å². The standard InChI is InChI=1S/C21H34N4O/c1-17-6-8-19(9-7-17)20(24-11-4-5-12-24)14-23-21(22-2)25-13-10-18(15-25)16-26-3/h6-9,18,20H,4-5,10-16H2,1-3H3,(H,22,23). The maximum Gasteiger partial charge on any atom is 0.193 e. The summed E-state index contributed by atoms with van der Waals surface area (Å²) in [6, 6.07) is 9.43. The Bertz CT molecular complexity index is 580. The Kier molecular flexibility index (Phi) is 6.92. The maximum atomic E-state index is 5.33. The van der Waals surface area contributed by atoms with Crippen molar-refractivity contribution in [1.29, 1.82) is 0 Å². The fourth-order valence-corrected chi connectivity index (χ4v) is 4.22. The molecule has 26 heavy (non-hydrogen) atoms.